The fourth-order valence-corrected chi connectivity index (χ4v) is 6.27. The van der Waals surface area contributed by atoms with Crippen LogP contribution < -0.4 is 14.9 Å². The molecule has 2 aliphatic rings. The van der Waals surface area contributed by atoms with Crippen LogP contribution in [-0.2, 0) is 26.2 Å². The summed E-state index contributed by atoms with van der Waals surface area (Å²) in [6, 6.07) is 17.4. The lowest BCUT2D eigenvalue weighted by molar-refractivity contribution is -0.116. The van der Waals surface area contributed by atoms with Crippen LogP contribution in [0.25, 0.3) is 5.57 Å². The van der Waals surface area contributed by atoms with Gasteiger partial charge in [0.25, 0.3) is 27.1 Å². The van der Waals surface area contributed by atoms with E-state index in [1.165, 1.54) is 23.1 Å². The minimum Gasteiger partial charge on any atom is -0.303 e. The third-order valence-electron chi connectivity index (χ3n) is 5.55. The number of halogens is 2. The van der Waals surface area contributed by atoms with Crippen molar-refractivity contribution in [3.05, 3.63) is 92.8 Å². The Morgan fingerprint density at radius 1 is 0.917 bits per heavy atom. The molecule has 0 aromatic heterocycles. The third kappa shape index (κ3) is 4.37. The molecule has 0 bridgehead atoms. The molecule has 3 aromatic carbocycles. The number of benzene rings is 3. The number of sulfonamides is 1. The highest BCUT2D eigenvalue weighted by Crippen LogP contribution is 2.45. The topological polar surface area (TPSA) is 113 Å². The molecule has 0 radical (unpaired) electrons. The quantitative estimate of drug-likeness (QED) is 0.423. The SMILES string of the molecule is O=C1NC(=O)/C(=C2/C(=O)N(Cc3c(Cl)cccc3Cl)c3ccc(S(=O)(=O)Nc4ccccc4)cc32)S1. The van der Waals surface area contributed by atoms with Crippen molar-refractivity contribution in [2.24, 2.45) is 0 Å². The van der Waals surface area contributed by atoms with Gasteiger partial charge in [-0.05, 0) is 54.2 Å². The van der Waals surface area contributed by atoms with Gasteiger partial charge in [-0.1, -0.05) is 47.5 Å². The molecule has 0 atom stereocenters. The average molecular weight is 560 g/mol. The monoisotopic (exact) mass is 559 g/mol. The second-order valence-corrected chi connectivity index (χ2v) is 11.3. The average Bonchev–Trinajstić information content (AvgIpc) is 3.30. The summed E-state index contributed by atoms with van der Waals surface area (Å²) in [7, 11) is -4.03. The van der Waals surface area contributed by atoms with Crippen molar-refractivity contribution in [3.63, 3.8) is 0 Å². The maximum Gasteiger partial charge on any atom is 0.290 e. The predicted molar refractivity (Wildman–Crippen MR) is 139 cm³/mol. The van der Waals surface area contributed by atoms with Crippen molar-refractivity contribution in [1.29, 1.82) is 0 Å². The summed E-state index contributed by atoms with van der Waals surface area (Å²) < 4.78 is 28.7. The zero-order valence-electron chi connectivity index (χ0n) is 18.1. The molecule has 0 spiro atoms. The van der Waals surface area contributed by atoms with Crippen LogP contribution in [0.2, 0.25) is 10.0 Å². The largest absolute Gasteiger partial charge is 0.303 e. The molecule has 8 nitrogen and oxygen atoms in total. The molecular formula is C24H15Cl2N3O5S2. The molecule has 12 heteroatoms. The first-order valence-electron chi connectivity index (χ1n) is 10.4. The van der Waals surface area contributed by atoms with Gasteiger partial charge in [0.05, 0.1) is 27.6 Å². The molecule has 2 heterocycles. The number of rotatable bonds is 5. The predicted octanol–water partition coefficient (Wildman–Crippen LogP) is 5.04. The van der Waals surface area contributed by atoms with Crippen LogP contribution in [0.3, 0.4) is 0 Å². The Balaban J connectivity index is 1.64. The van der Waals surface area contributed by atoms with E-state index < -0.39 is 27.1 Å². The Morgan fingerprint density at radius 3 is 2.25 bits per heavy atom. The van der Waals surface area contributed by atoms with E-state index in [1.807, 2.05) is 0 Å². The summed E-state index contributed by atoms with van der Waals surface area (Å²) in [4.78, 5) is 39.0. The molecule has 2 N–H and O–H groups in total. The summed E-state index contributed by atoms with van der Waals surface area (Å²) in [5.74, 6) is -1.31. The third-order valence-corrected chi connectivity index (χ3v) is 8.51. The number of hydrogen-bond donors (Lipinski definition) is 2. The van der Waals surface area contributed by atoms with Crippen LogP contribution in [-0.4, -0.2) is 25.5 Å². The van der Waals surface area contributed by atoms with Gasteiger partial charge < -0.3 is 4.90 Å². The number of nitrogens with zero attached hydrogens (tertiary/aromatic N) is 1. The number of imide groups is 1. The highest BCUT2D eigenvalue weighted by molar-refractivity contribution is 8.18. The lowest BCUT2D eigenvalue weighted by Crippen LogP contribution is -2.27. The van der Waals surface area contributed by atoms with E-state index in [1.54, 1.807) is 48.5 Å². The number of amides is 3. The molecule has 0 saturated carbocycles. The van der Waals surface area contributed by atoms with E-state index in [9.17, 15) is 22.8 Å². The van der Waals surface area contributed by atoms with Gasteiger partial charge in [-0.15, -0.1) is 0 Å². The molecule has 3 aromatic rings. The molecule has 0 aliphatic carbocycles. The normalized spacial score (nSPS) is 17.4. The number of carbonyl (C=O) groups is 3. The van der Waals surface area contributed by atoms with Crippen LogP contribution in [0.4, 0.5) is 16.2 Å². The summed E-state index contributed by atoms with van der Waals surface area (Å²) in [6.07, 6.45) is 0. The molecule has 0 unspecified atom stereocenters. The number of nitrogens with one attached hydrogen (secondary N) is 2. The van der Waals surface area contributed by atoms with E-state index in [2.05, 4.69) is 10.0 Å². The summed E-state index contributed by atoms with van der Waals surface area (Å²) in [5, 5.41) is 2.19. The molecular weight excluding hydrogens is 545 g/mol. The van der Waals surface area contributed by atoms with Crippen molar-refractivity contribution in [3.8, 4) is 0 Å². The van der Waals surface area contributed by atoms with E-state index in [4.69, 9.17) is 23.2 Å². The van der Waals surface area contributed by atoms with E-state index in [0.717, 1.165) is 0 Å². The first kappa shape index (κ1) is 24.4. The minimum atomic E-state index is -4.03. The lowest BCUT2D eigenvalue weighted by Gasteiger charge is -2.19. The van der Waals surface area contributed by atoms with Crippen molar-refractivity contribution in [1.82, 2.24) is 5.32 Å². The van der Waals surface area contributed by atoms with Gasteiger partial charge in [0.15, 0.2) is 0 Å². The Labute approximate surface area is 220 Å². The Kier molecular flexibility index (Phi) is 6.29. The van der Waals surface area contributed by atoms with Crippen LogP contribution in [0.5, 0.6) is 0 Å². The Bertz CT molecular complexity index is 1570. The smallest absolute Gasteiger partial charge is 0.290 e. The van der Waals surface area contributed by atoms with Gasteiger partial charge in [-0.2, -0.15) is 0 Å². The highest BCUT2D eigenvalue weighted by atomic mass is 35.5. The summed E-state index contributed by atoms with van der Waals surface area (Å²) >= 11 is 13.2. The summed E-state index contributed by atoms with van der Waals surface area (Å²) in [6.45, 7) is -0.0320. The maximum atomic E-state index is 13.6. The van der Waals surface area contributed by atoms with Gasteiger partial charge in [-0.3, -0.25) is 24.4 Å². The maximum absolute atomic E-state index is 13.6. The Morgan fingerprint density at radius 2 is 1.61 bits per heavy atom. The van der Waals surface area contributed by atoms with Gasteiger partial charge in [0.1, 0.15) is 0 Å². The molecule has 3 amide bonds. The zero-order chi connectivity index (χ0) is 25.6. The Hall–Kier alpha value is -3.31. The fraction of sp³-hybridized carbons (Fsp3) is 0.0417. The first-order chi connectivity index (χ1) is 17.2. The molecule has 2 aliphatic heterocycles. The van der Waals surface area contributed by atoms with E-state index in [0.29, 0.717) is 38.7 Å². The van der Waals surface area contributed by atoms with Gasteiger partial charge in [0, 0.05) is 26.9 Å². The van der Waals surface area contributed by atoms with Crippen molar-refractivity contribution < 1.29 is 22.8 Å². The fourth-order valence-electron chi connectivity index (χ4n) is 3.89. The van der Waals surface area contributed by atoms with Crippen molar-refractivity contribution in [2.75, 3.05) is 9.62 Å². The number of fused-ring (bicyclic) bond motifs is 1. The highest BCUT2D eigenvalue weighted by Gasteiger charge is 2.41. The molecule has 36 heavy (non-hydrogen) atoms. The van der Waals surface area contributed by atoms with E-state index in [-0.39, 0.29) is 27.5 Å². The second kappa shape index (κ2) is 9.29. The number of thioether (sulfide) groups is 1. The lowest BCUT2D eigenvalue weighted by atomic mass is 10.1. The van der Waals surface area contributed by atoms with E-state index >= 15 is 0 Å². The first-order valence-corrected chi connectivity index (χ1v) is 13.5. The van der Waals surface area contributed by atoms with Gasteiger partial charge in [0.2, 0.25) is 0 Å². The van der Waals surface area contributed by atoms with Crippen LogP contribution in [0.1, 0.15) is 11.1 Å². The molecule has 5 rings (SSSR count). The van der Waals surface area contributed by atoms with Crippen LogP contribution >= 0.6 is 35.0 Å². The molecule has 1 fully saturated rings. The van der Waals surface area contributed by atoms with Crippen LogP contribution in [0, 0.1) is 0 Å². The van der Waals surface area contributed by atoms with Crippen molar-refractivity contribution >= 4 is 79.0 Å². The summed E-state index contributed by atoms with van der Waals surface area (Å²) in [5.41, 5.74) is 1.32. The molecule has 182 valence electrons. The second-order valence-electron chi connectivity index (χ2n) is 7.79. The number of carbonyl (C=O) groups excluding carboxylic acids is 3. The minimum absolute atomic E-state index is 0.0320. The van der Waals surface area contributed by atoms with Gasteiger partial charge >= 0.3 is 0 Å². The number of anilines is 2. The molecule has 1 saturated heterocycles. The van der Waals surface area contributed by atoms with Gasteiger partial charge in [-0.25, -0.2) is 8.42 Å². The zero-order valence-corrected chi connectivity index (χ0v) is 21.3. The number of hydrogen-bond acceptors (Lipinski definition) is 6. The number of para-hydroxylation sites is 1. The standard InChI is InChI=1S/C24H15Cl2N3O5S2/c25-17-7-4-8-18(26)16(17)12-29-19-10-9-14(36(33,34)28-13-5-2-1-3-6-13)11-15(19)20(23(29)31)21-22(30)27-24(32)35-21/h1-11,28H,12H2,(H,27,30,32)/b21-20-. The van der Waals surface area contributed by atoms with Crippen LogP contribution in [0.15, 0.2) is 76.5 Å². The van der Waals surface area contributed by atoms with Crippen molar-refractivity contribution in [2.45, 2.75) is 11.4 Å².